The van der Waals surface area contributed by atoms with Crippen molar-refractivity contribution in [3.05, 3.63) is 23.7 Å². The highest BCUT2D eigenvalue weighted by Gasteiger charge is 2.25. The van der Waals surface area contributed by atoms with Crippen molar-refractivity contribution >= 4 is 0 Å². The summed E-state index contributed by atoms with van der Waals surface area (Å²) in [5, 5.41) is 3.71. The van der Waals surface area contributed by atoms with E-state index >= 15 is 0 Å². The van der Waals surface area contributed by atoms with Crippen molar-refractivity contribution in [1.29, 1.82) is 0 Å². The molecule has 0 bridgehead atoms. The lowest BCUT2D eigenvalue weighted by Crippen LogP contribution is -2.41. The lowest BCUT2D eigenvalue weighted by atomic mass is 9.91. The van der Waals surface area contributed by atoms with Gasteiger partial charge in [0.05, 0.1) is 12.9 Å². The van der Waals surface area contributed by atoms with Crippen LogP contribution in [0.4, 0.5) is 0 Å². The number of furan rings is 1. The van der Waals surface area contributed by atoms with Gasteiger partial charge in [-0.05, 0) is 24.8 Å². The molecular formula is C14H23NO2. The fraction of sp³-hybridized carbons (Fsp3) is 0.714. The van der Waals surface area contributed by atoms with Crippen LogP contribution in [0.1, 0.15) is 44.1 Å². The Labute approximate surface area is 104 Å². The molecule has 0 spiro atoms. The monoisotopic (exact) mass is 237 g/mol. The minimum Gasteiger partial charge on any atom is -0.469 e. The maximum Gasteiger partial charge on any atom is 0.108 e. The summed E-state index contributed by atoms with van der Waals surface area (Å²) in [4.78, 5) is 0. The first-order chi connectivity index (χ1) is 8.22. The number of fused-ring (bicyclic) bond motifs is 1. The molecule has 0 radical (unpaired) electrons. The molecule has 1 aliphatic rings. The van der Waals surface area contributed by atoms with Gasteiger partial charge in [0.2, 0.25) is 0 Å². The summed E-state index contributed by atoms with van der Waals surface area (Å²) in [5.74, 6) is 1.74. The minimum atomic E-state index is 0.408. The minimum absolute atomic E-state index is 0.408. The van der Waals surface area contributed by atoms with E-state index < -0.39 is 0 Å². The quantitative estimate of drug-likeness (QED) is 0.855. The van der Waals surface area contributed by atoms with Gasteiger partial charge >= 0.3 is 0 Å². The molecule has 0 fully saturated rings. The molecule has 0 aliphatic heterocycles. The van der Waals surface area contributed by atoms with Gasteiger partial charge in [-0.1, -0.05) is 13.8 Å². The van der Waals surface area contributed by atoms with Gasteiger partial charge < -0.3 is 14.5 Å². The molecule has 0 saturated heterocycles. The molecule has 1 heterocycles. The zero-order valence-corrected chi connectivity index (χ0v) is 11.0. The average molecular weight is 237 g/mol. The second-order valence-corrected chi connectivity index (χ2v) is 5.22. The summed E-state index contributed by atoms with van der Waals surface area (Å²) < 4.78 is 10.8. The zero-order valence-electron chi connectivity index (χ0n) is 11.0. The molecule has 96 valence electrons. The number of rotatable bonds is 5. The van der Waals surface area contributed by atoms with Gasteiger partial charge in [0.1, 0.15) is 5.76 Å². The lowest BCUT2D eigenvalue weighted by molar-refractivity contribution is 0.138. The van der Waals surface area contributed by atoms with Crippen molar-refractivity contribution in [2.24, 2.45) is 5.92 Å². The molecule has 1 N–H and O–H groups in total. The van der Waals surface area contributed by atoms with Gasteiger partial charge in [-0.3, -0.25) is 0 Å². The molecule has 1 aromatic rings. The van der Waals surface area contributed by atoms with E-state index in [4.69, 9.17) is 9.15 Å². The Hall–Kier alpha value is -0.800. The van der Waals surface area contributed by atoms with Crippen molar-refractivity contribution < 1.29 is 9.15 Å². The van der Waals surface area contributed by atoms with Crippen LogP contribution in [0.5, 0.6) is 0 Å². The number of hydrogen-bond acceptors (Lipinski definition) is 3. The van der Waals surface area contributed by atoms with Gasteiger partial charge in [-0.2, -0.15) is 0 Å². The Morgan fingerprint density at radius 3 is 3.06 bits per heavy atom. The summed E-state index contributed by atoms with van der Waals surface area (Å²) in [6.45, 7) is 5.23. The predicted octanol–water partition coefficient (Wildman–Crippen LogP) is 2.92. The Morgan fingerprint density at radius 2 is 2.35 bits per heavy atom. The van der Waals surface area contributed by atoms with Crippen molar-refractivity contribution in [2.45, 2.75) is 45.2 Å². The van der Waals surface area contributed by atoms with Crippen LogP contribution >= 0.6 is 0 Å². The maximum absolute atomic E-state index is 5.52. The fourth-order valence-corrected chi connectivity index (χ4v) is 2.53. The van der Waals surface area contributed by atoms with Crippen LogP contribution in [-0.4, -0.2) is 19.8 Å². The molecule has 1 aliphatic carbocycles. The highest BCUT2D eigenvalue weighted by Crippen LogP contribution is 2.31. The van der Waals surface area contributed by atoms with Crippen molar-refractivity contribution in [3.63, 3.8) is 0 Å². The molecule has 2 rings (SSSR count). The first-order valence-electron chi connectivity index (χ1n) is 6.53. The summed E-state index contributed by atoms with van der Waals surface area (Å²) in [7, 11) is 1.77. The third-order valence-corrected chi connectivity index (χ3v) is 3.62. The van der Waals surface area contributed by atoms with Gasteiger partial charge in [0.25, 0.3) is 0 Å². The third-order valence-electron chi connectivity index (χ3n) is 3.62. The molecule has 0 saturated carbocycles. The van der Waals surface area contributed by atoms with Crippen LogP contribution in [0.3, 0.4) is 0 Å². The molecule has 2 atom stereocenters. The summed E-state index contributed by atoms with van der Waals surface area (Å²) in [5.41, 5.74) is 1.35. The van der Waals surface area contributed by atoms with E-state index in [1.165, 1.54) is 18.4 Å². The maximum atomic E-state index is 5.52. The van der Waals surface area contributed by atoms with Crippen molar-refractivity contribution in [1.82, 2.24) is 5.32 Å². The highest BCUT2D eigenvalue weighted by atomic mass is 16.5. The Balaban J connectivity index is 2.04. The Kier molecular flexibility index (Phi) is 4.24. The lowest BCUT2D eigenvalue weighted by Gasteiger charge is -2.30. The van der Waals surface area contributed by atoms with E-state index in [2.05, 4.69) is 25.2 Å². The highest BCUT2D eigenvalue weighted by molar-refractivity contribution is 5.24. The summed E-state index contributed by atoms with van der Waals surface area (Å²) in [6, 6.07) is 2.95. The first kappa shape index (κ1) is 12.7. The molecule has 1 aromatic heterocycles. The first-order valence-corrected chi connectivity index (χ1v) is 6.53. The van der Waals surface area contributed by atoms with Gasteiger partial charge in [-0.25, -0.2) is 0 Å². The van der Waals surface area contributed by atoms with Crippen LogP contribution in [0, 0.1) is 5.92 Å². The van der Waals surface area contributed by atoms with E-state index in [0.29, 0.717) is 18.0 Å². The molecule has 17 heavy (non-hydrogen) atoms. The molecule has 0 amide bonds. The number of methoxy groups -OCH3 is 1. The standard InChI is InChI=1S/C14H23NO2/c1-10(2)13(9-16-3)15-12-5-4-6-14-11(12)7-8-17-14/h7-8,10,12-13,15H,4-6,9H2,1-3H3. The SMILES string of the molecule is COCC(NC1CCCc2occc21)C(C)C. The van der Waals surface area contributed by atoms with Crippen molar-refractivity contribution in [2.75, 3.05) is 13.7 Å². The van der Waals surface area contributed by atoms with Crippen LogP contribution < -0.4 is 5.32 Å². The van der Waals surface area contributed by atoms with E-state index in [-0.39, 0.29) is 0 Å². The summed E-state index contributed by atoms with van der Waals surface area (Å²) >= 11 is 0. The van der Waals surface area contributed by atoms with Gasteiger partial charge in [-0.15, -0.1) is 0 Å². The molecule has 3 heteroatoms. The number of ether oxygens (including phenoxy) is 1. The molecule has 3 nitrogen and oxygen atoms in total. The normalized spacial score (nSPS) is 21.5. The molecule has 2 unspecified atom stereocenters. The Bertz CT molecular complexity index is 346. The van der Waals surface area contributed by atoms with E-state index in [1.54, 1.807) is 7.11 Å². The second kappa shape index (κ2) is 5.69. The number of aryl methyl sites for hydroxylation is 1. The van der Waals surface area contributed by atoms with E-state index in [9.17, 15) is 0 Å². The zero-order chi connectivity index (χ0) is 12.3. The largest absolute Gasteiger partial charge is 0.469 e. The van der Waals surface area contributed by atoms with Crippen LogP contribution in [0.2, 0.25) is 0 Å². The van der Waals surface area contributed by atoms with Crippen LogP contribution in [0.25, 0.3) is 0 Å². The smallest absolute Gasteiger partial charge is 0.108 e. The molecular weight excluding hydrogens is 214 g/mol. The number of hydrogen-bond donors (Lipinski definition) is 1. The van der Waals surface area contributed by atoms with Crippen LogP contribution in [-0.2, 0) is 11.2 Å². The van der Waals surface area contributed by atoms with Crippen LogP contribution in [0.15, 0.2) is 16.7 Å². The second-order valence-electron chi connectivity index (χ2n) is 5.22. The number of nitrogens with one attached hydrogen (secondary N) is 1. The Morgan fingerprint density at radius 1 is 1.53 bits per heavy atom. The van der Waals surface area contributed by atoms with Gasteiger partial charge in [0, 0.05) is 31.2 Å². The third kappa shape index (κ3) is 2.90. The average Bonchev–Trinajstić information content (AvgIpc) is 2.77. The van der Waals surface area contributed by atoms with E-state index in [0.717, 1.165) is 18.8 Å². The van der Waals surface area contributed by atoms with E-state index in [1.807, 2.05) is 6.26 Å². The predicted molar refractivity (Wildman–Crippen MR) is 68.0 cm³/mol. The fourth-order valence-electron chi connectivity index (χ4n) is 2.53. The van der Waals surface area contributed by atoms with Gasteiger partial charge in [0.15, 0.2) is 0 Å². The molecule has 0 aromatic carbocycles. The van der Waals surface area contributed by atoms with Crippen molar-refractivity contribution in [3.8, 4) is 0 Å². The topological polar surface area (TPSA) is 34.4 Å². The summed E-state index contributed by atoms with van der Waals surface area (Å²) in [6.07, 6.45) is 5.29.